The second kappa shape index (κ2) is 9.30. The van der Waals surface area contributed by atoms with Crippen LogP contribution in [0.1, 0.15) is 49.9 Å². The van der Waals surface area contributed by atoms with E-state index >= 15 is 0 Å². The minimum atomic E-state index is -0.0150. The van der Waals surface area contributed by atoms with Crippen LogP contribution >= 0.6 is 0 Å². The van der Waals surface area contributed by atoms with E-state index in [4.69, 9.17) is 9.47 Å². The number of methoxy groups -OCH3 is 1. The maximum absolute atomic E-state index is 12.9. The first-order valence-electron chi connectivity index (χ1n) is 10.4. The Hall–Kier alpha value is -2.24. The monoisotopic (exact) mass is 388 g/mol. The van der Waals surface area contributed by atoms with Gasteiger partial charge in [0.2, 0.25) is 5.91 Å². The van der Waals surface area contributed by atoms with Gasteiger partial charge in [0, 0.05) is 37.7 Å². The third-order valence-corrected chi connectivity index (χ3v) is 5.81. The fourth-order valence-corrected chi connectivity index (χ4v) is 4.24. The Bertz CT molecular complexity index is 698. The predicted molar refractivity (Wildman–Crippen MR) is 108 cm³/mol. The van der Waals surface area contributed by atoms with Crippen LogP contribution in [0.15, 0.2) is 18.2 Å². The molecule has 28 heavy (non-hydrogen) atoms. The molecular weight excluding hydrogens is 356 g/mol. The average molecular weight is 389 g/mol. The van der Waals surface area contributed by atoms with Crippen molar-refractivity contribution < 1.29 is 19.1 Å². The first kappa shape index (κ1) is 20.5. The zero-order chi connectivity index (χ0) is 20.1. The molecule has 6 nitrogen and oxygen atoms in total. The van der Waals surface area contributed by atoms with Crippen LogP contribution in [0.2, 0.25) is 0 Å². The third-order valence-electron chi connectivity index (χ3n) is 5.81. The van der Waals surface area contributed by atoms with Gasteiger partial charge in [-0.2, -0.15) is 0 Å². The Morgan fingerprint density at radius 3 is 2.46 bits per heavy atom. The number of rotatable bonds is 5. The molecule has 1 aromatic carbocycles. The molecule has 154 valence electrons. The third kappa shape index (κ3) is 4.59. The number of ether oxygens (including phenoxy) is 2. The summed E-state index contributed by atoms with van der Waals surface area (Å²) >= 11 is 0. The summed E-state index contributed by atoms with van der Waals surface area (Å²) in [7, 11) is 1.57. The highest BCUT2D eigenvalue weighted by Gasteiger charge is 2.32. The molecule has 0 bridgehead atoms. The molecule has 2 amide bonds. The predicted octanol–water partition coefficient (Wildman–Crippen LogP) is 3.20. The highest BCUT2D eigenvalue weighted by molar-refractivity contribution is 5.95. The average Bonchev–Trinajstić information content (AvgIpc) is 2.73. The van der Waals surface area contributed by atoms with Crippen molar-refractivity contribution in [2.45, 2.75) is 39.5 Å². The lowest BCUT2D eigenvalue weighted by Gasteiger charge is -2.37. The molecule has 2 heterocycles. The van der Waals surface area contributed by atoms with Crippen molar-refractivity contribution in [1.82, 2.24) is 9.80 Å². The molecule has 2 aliphatic heterocycles. The summed E-state index contributed by atoms with van der Waals surface area (Å²) in [6, 6.07) is 5.30. The Morgan fingerprint density at radius 1 is 1.07 bits per heavy atom. The summed E-state index contributed by atoms with van der Waals surface area (Å²) in [6.07, 6.45) is 3.79. The standard InChI is InChI=1S/C22H32N2O4/c1-4-28-19-8-7-18(14-20(19)27-3)22(26)23-12-9-17(10-13-23)21(25)24-11-5-6-16(2)15-24/h7-8,14,16-17H,4-6,9-13,15H2,1-3H3. The van der Waals surface area contributed by atoms with E-state index < -0.39 is 0 Å². The van der Waals surface area contributed by atoms with Crippen LogP contribution in [0.4, 0.5) is 0 Å². The maximum Gasteiger partial charge on any atom is 0.253 e. The summed E-state index contributed by atoms with van der Waals surface area (Å²) in [5.74, 6) is 2.11. The van der Waals surface area contributed by atoms with E-state index in [9.17, 15) is 9.59 Å². The molecule has 0 N–H and O–H groups in total. The summed E-state index contributed by atoms with van der Waals surface area (Å²) in [4.78, 5) is 29.6. The van der Waals surface area contributed by atoms with E-state index in [0.717, 1.165) is 32.4 Å². The van der Waals surface area contributed by atoms with Gasteiger partial charge >= 0.3 is 0 Å². The van der Waals surface area contributed by atoms with Gasteiger partial charge < -0.3 is 19.3 Å². The molecule has 0 saturated carbocycles. The van der Waals surface area contributed by atoms with Gasteiger partial charge in [-0.1, -0.05) is 6.92 Å². The molecule has 1 atom stereocenters. The zero-order valence-corrected chi connectivity index (χ0v) is 17.3. The summed E-state index contributed by atoms with van der Waals surface area (Å²) < 4.78 is 10.9. The van der Waals surface area contributed by atoms with Gasteiger partial charge in [-0.25, -0.2) is 0 Å². The van der Waals surface area contributed by atoms with Crippen LogP contribution in [0.5, 0.6) is 11.5 Å². The molecule has 2 aliphatic rings. The van der Waals surface area contributed by atoms with Gasteiger partial charge in [-0.05, 0) is 56.7 Å². The number of piperidine rings is 2. The van der Waals surface area contributed by atoms with Crippen molar-refractivity contribution in [3.63, 3.8) is 0 Å². The molecule has 0 radical (unpaired) electrons. The summed E-state index contributed by atoms with van der Waals surface area (Å²) in [5.41, 5.74) is 0.593. The first-order valence-corrected chi connectivity index (χ1v) is 10.4. The molecule has 6 heteroatoms. The van der Waals surface area contributed by atoms with E-state index in [1.165, 1.54) is 6.42 Å². The molecule has 1 aromatic rings. The number of likely N-dealkylation sites (tertiary alicyclic amines) is 2. The van der Waals surface area contributed by atoms with Crippen LogP contribution in [0.3, 0.4) is 0 Å². The second-order valence-electron chi connectivity index (χ2n) is 7.90. The highest BCUT2D eigenvalue weighted by atomic mass is 16.5. The SMILES string of the molecule is CCOc1ccc(C(=O)N2CCC(C(=O)N3CCCC(C)C3)CC2)cc1OC. The fraction of sp³-hybridized carbons (Fsp3) is 0.636. The molecule has 0 spiro atoms. The van der Waals surface area contributed by atoms with Crippen LogP contribution < -0.4 is 9.47 Å². The van der Waals surface area contributed by atoms with Gasteiger partial charge in [-0.15, -0.1) is 0 Å². The van der Waals surface area contributed by atoms with Gasteiger partial charge in [0.1, 0.15) is 0 Å². The molecule has 0 aliphatic carbocycles. The van der Waals surface area contributed by atoms with Crippen molar-refractivity contribution in [3.05, 3.63) is 23.8 Å². The van der Waals surface area contributed by atoms with E-state index in [2.05, 4.69) is 6.92 Å². The fourth-order valence-electron chi connectivity index (χ4n) is 4.24. The molecule has 0 aromatic heterocycles. The lowest BCUT2D eigenvalue weighted by molar-refractivity contribution is -0.138. The number of carbonyl (C=O) groups is 2. The lowest BCUT2D eigenvalue weighted by atomic mass is 9.92. The van der Waals surface area contributed by atoms with Crippen molar-refractivity contribution in [1.29, 1.82) is 0 Å². The Labute approximate surface area is 167 Å². The molecule has 1 unspecified atom stereocenters. The first-order chi connectivity index (χ1) is 13.5. The molecule has 2 fully saturated rings. The zero-order valence-electron chi connectivity index (χ0n) is 17.3. The number of hydrogen-bond donors (Lipinski definition) is 0. The minimum absolute atomic E-state index is 0.0150. The Kier molecular flexibility index (Phi) is 6.81. The number of amides is 2. The van der Waals surface area contributed by atoms with Crippen molar-refractivity contribution in [2.75, 3.05) is 39.9 Å². The van der Waals surface area contributed by atoms with Crippen LogP contribution in [0, 0.1) is 11.8 Å². The van der Waals surface area contributed by atoms with Crippen LogP contribution in [-0.2, 0) is 4.79 Å². The summed E-state index contributed by atoms with van der Waals surface area (Å²) in [6.45, 7) is 7.67. The molecule has 2 saturated heterocycles. The van der Waals surface area contributed by atoms with Gasteiger partial charge in [0.15, 0.2) is 11.5 Å². The Morgan fingerprint density at radius 2 is 1.82 bits per heavy atom. The number of hydrogen-bond acceptors (Lipinski definition) is 4. The largest absolute Gasteiger partial charge is 0.493 e. The number of benzene rings is 1. The highest BCUT2D eigenvalue weighted by Crippen LogP contribution is 2.30. The lowest BCUT2D eigenvalue weighted by Crippen LogP contribution is -2.47. The van der Waals surface area contributed by atoms with Gasteiger partial charge in [0.25, 0.3) is 5.91 Å². The van der Waals surface area contributed by atoms with Crippen LogP contribution in [0.25, 0.3) is 0 Å². The topological polar surface area (TPSA) is 59.1 Å². The Balaban J connectivity index is 1.58. The smallest absolute Gasteiger partial charge is 0.253 e. The van der Waals surface area contributed by atoms with E-state index in [-0.39, 0.29) is 17.7 Å². The van der Waals surface area contributed by atoms with Crippen LogP contribution in [-0.4, -0.2) is 61.5 Å². The second-order valence-corrected chi connectivity index (χ2v) is 7.90. The number of nitrogens with zero attached hydrogens (tertiary/aromatic N) is 2. The van der Waals surface area contributed by atoms with Gasteiger partial charge in [-0.3, -0.25) is 9.59 Å². The normalized spacial score (nSPS) is 20.8. The molecule has 3 rings (SSSR count). The number of carbonyl (C=O) groups excluding carboxylic acids is 2. The van der Waals surface area contributed by atoms with Crippen molar-refractivity contribution in [2.24, 2.45) is 11.8 Å². The molecular formula is C22H32N2O4. The van der Waals surface area contributed by atoms with E-state index in [0.29, 0.717) is 42.7 Å². The quantitative estimate of drug-likeness (QED) is 0.777. The van der Waals surface area contributed by atoms with Crippen molar-refractivity contribution >= 4 is 11.8 Å². The van der Waals surface area contributed by atoms with Gasteiger partial charge in [0.05, 0.1) is 13.7 Å². The minimum Gasteiger partial charge on any atom is -0.493 e. The van der Waals surface area contributed by atoms with E-state index in [1.807, 2.05) is 16.7 Å². The summed E-state index contributed by atoms with van der Waals surface area (Å²) in [5, 5.41) is 0. The maximum atomic E-state index is 12.9. The van der Waals surface area contributed by atoms with E-state index in [1.54, 1.807) is 25.3 Å². The van der Waals surface area contributed by atoms with Crippen molar-refractivity contribution in [3.8, 4) is 11.5 Å².